The van der Waals surface area contributed by atoms with Gasteiger partial charge in [0.05, 0.1) is 6.26 Å². The molecule has 2 aromatic carbocycles. The standard InChI is InChI=1S/C23H23NO4/c1-14-11-20(15(2)9-18(14)10-16(3)23(24)26)17-6-7-22(21(25)12-17)28-13-19-5-4-8-27-19/h4-12,25H,13H2,1-3H3,(H2,24,26). The molecule has 1 heterocycles. The van der Waals surface area contributed by atoms with Crippen LogP contribution in [0.4, 0.5) is 0 Å². The van der Waals surface area contributed by atoms with E-state index in [0.717, 1.165) is 27.8 Å². The van der Waals surface area contributed by atoms with E-state index in [-0.39, 0.29) is 12.4 Å². The van der Waals surface area contributed by atoms with Gasteiger partial charge in [-0.05, 0) is 78.9 Å². The fraction of sp³-hybridized carbons (Fsp3) is 0.174. The van der Waals surface area contributed by atoms with Crippen LogP contribution in [0.1, 0.15) is 29.4 Å². The Morgan fingerprint density at radius 2 is 1.96 bits per heavy atom. The molecule has 5 heteroatoms. The van der Waals surface area contributed by atoms with Crippen molar-refractivity contribution in [3.8, 4) is 22.6 Å². The molecular formula is C23H23NO4. The van der Waals surface area contributed by atoms with Crippen LogP contribution in [0.2, 0.25) is 0 Å². The van der Waals surface area contributed by atoms with Crippen molar-refractivity contribution in [1.29, 1.82) is 0 Å². The molecule has 0 saturated carbocycles. The van der Waals surface area contributed by atoms with Gasteiger partial charge in [-0.2, -0.15) is 0 Å². The number of phenols is 1. The number of carbonyl (C=O) groups excluding carboxylic acids is 1. The van der Waals surface area contributed by atoms with Gasteiger partial charge in [-0.1, -0.05) is 18.2 Å². The molecule has 0 radical (unpaired) electrons. The van der Waals surface area contributed by atoms with Gasteiger partial charge in [0.15, 0.2) is 11.5 Å². The van der Waals surface area contributed by atoms with E-state index < -0.39 is 5.91 Å². The minimum Gasteiger partial charge on any atom is -0.504 e. The SMILES string of the molecule is CC(=Cc1cc(C)c(-c2ccc(OCc3ccco3)c(O)c2)cc1C)C(N)=O. The summed E-state index contributed by atoms with van der Waals surface area (Å²) in [6.45, 7) is 5.91. The highest BCUT2D eigenvalue weighted by Gasteiger charge is 2.11. The van der Waals surface area contributed by atoms with Crippen LogP contribution in [0.25, 0.3) is 17.2 Å². The second-order valence-corrected chi connectivity index (χ2v) is 6.77. The van der Waals surface area contributed by atoms with Crippen LogP contribution in [0.3, 0.4) is 0 Å². The molecule has 0 unspecified atom stereocenters. The number of hydrogen-bond acceptors (Lipinski definition) is 4. The van der Waals surface area contributed by atoms with Crippen molar-refractivity contribution in [3.63, 3.8) is 0 Å². The number of aryl methyl sites for hydroxylation is 2. The van der Waals surface area contributed by atoms with Gasteiger partial charge in [0.1, 0.15) is 12.4 Å². The smallest absolute Gasteiger partial charge is 0.244 e. The first-order valence-electron chi connectivity index (χ1n) is 8.93. The summed E-state index contributed by atoms with van der Waals surface area (Å²) in [5.74, 6) is 0.710. The normalized spacial score (nSPS) is 11.5. The Morgan fingerprint density at radius 1 is 1.18 bits per heavy atom. The summed E-state index contributed by atoms with van der Waals surface area (Å²) in [5, 5.41) is 10.4. The summed E-state index contributed by atoms with van der Waals surface area (Å²) < 4.78 is 10.8. The fourth-order valence-corrected chi connectivity index (χ4v) is 2.96. The van der Waals surface area contributed by atoms with E-state index in [1.165, 1.54) is 0 Å². The number of carbonyl (C=O) groups is 1. The van der Waals surface area contributed by atoms with Crippen LogP contribution in [0, 0.1) is 13.8 Å². The third kappa shape index (κ3) is 4.26. The van der Waals surface area contributed by atoms with E-state index in [1.54, 1.807) is 37.5 Å². The van der Waals surface area contributed by atoms with Crippen LogP contribution in [0.15, 0.2) is 58.7 Å². The predicted octanol–water partition coefficient (Wildman–Crippen LogP) is 4.74. The lowest BCUT2D eigenvalue weighted by atomic mass is 9.94. The highest BCUT2D eigenvalue weighted by atomic mass is 16.5. The Kier molecular flexibility index (Phi) is 5.54. The van der Waals surface area contributed by atoms with Gasteiger partial charge in [-0.3, -0.25) is 4.79 Å². The minimum absolute atomic E-state index is 0.0645. The number of aromatic hydroxyl groups is 1. The summed E-state index contributed by atoms with van der Waals surface area (Å²) in [6.07, 6.45) is 3.37. The van der Waals surface area contributed by atoms with E-state index in [2.05, 4.69) is 0 Å². The van der Waals surface area contributed by atoms with Crippen LogP contribution in [-0.2, 0) is 11.4 Å². The third-order valence-electron chi connectivity index (χ3n) is 4.59. The topological polar surface area (TPSA) is 85.7 Å². The molecular weight excluding hydrogens is 354 g/mol. The van der Waals surface area contributed by atoms with Crippen molar-refractivity contribution < 1.29 is 19.1 Å². The average molecular weight is 377 g/mol. The number of primary amides is 1. The first-order valence-corrected chi connectivity index (χ1v) is 8.93. The highest BCUT2D eigenvalue weighted by Crippen LogP contribution is 2.34. The van der Waals surface area contributed by atoms with Gasteiger partial charge in [-0.25, -0.2) is 0 Å². The van der Waals surface area contributed by atoms with Crippen LogP contribution >= 0.6 is 0 Å². The Morgan fingerprint density at radius 3 is 2.61 bits per heavy atom. The van der Waals surface area contributed by atoms with Crippen molar-refractivity contribution in [2.24, 2.45) is 5.73 Å². The Hall–Kier alpha value is -3.47. The maximum atomic E-state index is 11.3. The molecule has 3 rings (SSSR count). The first kappa shape index (κ1) is 19.3. The highest BCUT2D eigenvalue weighted by molar-refractivity contribution is 5.96. The Bertz CT molecular complexity index is 1030. The number of amides is 1. The lowest BCUT2D eigenvalue weighted by Gasteiger charge is -2.13. The number of ether oxygens (including phenoxy) is 1. The van der Waals surface area contributed by atoms with E-state index in [4.69, 9.17) is 14.9 Å². The van der Waals surface area contributed by atoms with E-state index in [9.17, 15) is 9.90 Å². The number of phenolic OH excluding ortho intramolecular Hbond substituents is 1. The molecule has 144 valence electrons. The van der Waals surface area contributed by atoms with Crippen molar-refractivity contribution in [3.05, 3.63) is 76.8 Å². The monoisotopic (exact) mass is 377 g/mol. The summed E-state index contributed by atoms with van der Waals surface area (Å²) in [6, 6.07) is 13.0. The summed E-state index contributed by atoms with van der Waals surface area (Å²) in [5.41, 5.74) is 10.7. The van der Waals surface area contributed by atoms with Gasteiger partial charge in [0.2, 0.25) is 5.91 Å². The number of nitrogens with two attached hydrogens (primary N) is 1. The summed E-state index contributed by atoms with van der Waals surface area (Å²) in [7, 11) is 0. The molecule has 0 bridgehead atoms. The molecule has 5 nitrogen and oxygen atoms in total. The molecule has 0 spiro atoms. The second kappa shape index (κ2) is 8.05. The van der Waals surface area contributed by atoms with Crippen LogP contribution in [0.5, 0.6) is 11.5 Å². The quantitative estimate of drug-likeness (QED) is 0.608. The predicted molar refractivity (Wildman–Crippen MR) is 109 cm³/mol. The zero-order valence-electron chi connectivity index (χ0n) is 16.2. The molecule has 0 saturated heterocycles. The number of furan rings is 1. The summed E-state index contributed by atoms with van der Waals surface area (Å²) >= 11 is 0. The largest absolute Gasteiger partial charge is 0.504 e. The Labute approximate surface area is 164 Å². The second-order valence-electron chi connectivity index (χ2n) is 6.77. The van der Waals surface area contributed by atoms with E-state index in [0.29, 0.717) is 17.1 Å². The maximum absolute atomic E-state index is 11.3. The molecule has 28 heavy (non-hydrogen) atoms. The molecule has 0 aliphatic rings. The average Bonchev–Trinajstić information content (AvgIpc) is 3.16. The molecule has 0 aliphatic heterocycles. The molecule has 1 amide bonds. The molecule has 1 aromatic heterocycles. The maximum Gasteiger partial charge on any atom is 0.244 e. The lowest BCUT2D eigenvalue weighted by molar-refractivity contribution is -0.114. The third-order valence-corrected chi connectivity index (χ3v) is 4.59. The molecule has 3 N–H and O–H groups in total. The summed E-state index contributed by atoms with van der Waals surface area (Å²) in [4.78, 5) is 11.3. The zero-order chi connectivity index (χ0) is 20.3. The van der Waals surface area contributed by atoms with Crippen molar-refractivity contribution in [2.75, 3.05) is 0 Å². The number of rotatable bonds is 6. The first-order chi connectivity index (χ1) is 13.3. The minimum atomic E-state index is -0.434. The fourth-order valence-electron chi connectivity index (χ4n) is 2.96. The van der Waals surface area contributed by atoms with Gasteiger partial charge in [0, 0.05) is 5.57 Å². The van der Waals surface area contributed by atoms with Crippen molar-refractivity contribution in [2.45, 2.75) is 27.4 Å². The van der Waals surface area contributed by atoms with E-state index in [1.807, 2.05) is 38.1 Å². The number of hydrogen-bond donors (Lipinski definition) is 2. The van der Waals surface area contributed by atoms with Crippen LogP contribution < -0.4 is 10.5 Å². The van der Waals surface area contributed by atoms with Gasteiger partial charge >= 0.3 is 0 Å². The van der Waals surface area contributed by atoms with Crippen LogP contribution in [-0.4, -0.2) is 11.0 Å². The molecule has 3 aromatic rings. The van der Waals surface area contributed by atoms with Crippen molar-refractivity contribution >= 4 is 12.0 Å². The molecule has 0 fully saturated rings. The van der Waals surface area contributed by atoms with E-state index >= 15 is 0 Å². The lowest BCUT2D eigenvalue weighted by Crippen LogP contribution is -2.11. The van der Waals surface area contributed by atoms with Crippen molar-refractivity contribution in [1.82, 2.24) is 0 Å². The Balaban J connectivity index is 1.87. The number of benzene rings is 2. The van der Waals surface area contributed by atoms with Gasteiger partial charge < -0.3 is 20.0 Å². The molecule has 0 aliphatic carbocycles. The van der Waals surface area contributed by atoms with Gasteiger partial charge in [-0.15, -0.1) is 0 Å². The van der Waals surface area contributed by atoms with Gasteiger partial charge in [0.25, 0.3) is 0 Å². The zero-order valence-corrected chi connectivity index (χ0v) is 16.2. The molecule has 0 atom stereocenters.